The van der Waals surface area contributed by atoms with Crippen molar-refractivity contribution in [2.45, 2.75) is 19.9 Å². The molecule has 130 valence electrons. The molecule has 0 aromatic heterocycles. The Labute approximate surface area is 152 Å². The lowest BCUT2D eigenvalue weighted by molar-refractivity contribution is -0.139. The van der Waals surface area contributed by atoms with E-state index in [0.29, 0.717) is 28.7 Å². The Morgan fingerprint density at radius 2 is 2.00 bits per heavy atom. The highest BCUT2D eigenvalue weighted by atomic mass is 32.1. The lowest BCUT2D eigenvalue weighted by Gasteiger charge is -2.31. The SMILES string of the molecule is CCOC(=O)C1=C(C)NC(=S)N[C@H]1c1c(OC)ccc2ccccc12. The zero-order chi connectivity index (χ0) is 18.0. The van der Waals surface area contributed by atoms with E-state index in [4.69, 9.17) is 21.7 Å². The van der Waals surface area contributed by atoms with Crippen LogP contribution in [0.25, 0.3) is 10.8 Å². The molecular formula is C19H20N2O3S. The standard InChI is InChI=1S/C19H20N2O3S/c1-4-24-18(22)15-11(2)20-19(25)21-17(15)16-13-8-6-5-7-12(13)9-10-14(16)23-3/h5-10,17H,4H2,1-3H3,(H2,20,21,25)/t17-/m1/s1. The average Bonchev–Trinajstić information content (AvgIpc) is 2.60. The van der Waals surface area contributed by atoms with Gasteiger partial charge < -0.3 is 20.1 Å². The Hall–Kier alpha value is -2.60. The van der Waals surface area contributed by atoms with Crippen LogP contribution in [0, 0.1) is 0 Å². The Bertz CT molecular complexity index is 876. The van der Waals surface area contributed by atoms with Crippen molar-refractivity contribution in [1.82, 2.24) is 10.6 Å². The van der Waals surface area contributed by atoms with E-state index >= 15 is 0 Å². The summed E-state index contributed by atoms with van der Waals surface area (Å²) in [4.78, 5) is 12.6. The predicted molar refractivity (Wildman–Crippen MR) is 101 cm³/mol. The summed E-state index contributed by atoms with van der Waals surface area (Å²) in [6.07, 6.45) is 0. The summed E-state index contributed by atoms with van der Waals surface area (Å²) in [6, 6.07) is 11.4. The number of thiocarbonyl (C=S) groups is 1. The monoisotopic (exact) mass is 356 g/mol. The second-order valence-electron chi connectivity index (χ2n) is 5.69. The van der Waals surface area contributed by atoms with Crippen molar-refractivity contribution in [2.24, 2.45) is 0 Å². The minimum absolute atomic E-state index is 0.305. The number of allylic oxidation sites excluding steroid dienone is 1. The first-order valence-electron chi connectivity index (χ1n) is 8.07. The van der Waals surface area contributed by atoms with Crippen LogP contribution in [0.3, 0.4) is 0 Å². The quantitative estimate of drug-likeness (QED) is 0.648. The molecule has 25 heavy (non-hydrogen) atoms. The molecule has 5 nitrogen and oxygen atoms in total. The molecule has 2 N–H and O–H groups in total. The number of hydrogen-bond donors (Lipinski definition) is 2. The Kier molecular flexibility index (Phi) is 4.90. The van der Waals surface area contributed by atoms with Crippen LogP contribution in [0.5, 0.6) is 5.75 Å². The van der Waals surface area contributed by atoms with Gasteiger partial charge in [-0.1, -0.05) is 30.3 Å². The lowest BCUT2D eigenvalue weighted by Crippen LogP contribution is -2.45. The molecule has 0 unspecified atom stereocenters. The van der Waals surface area contributed by atoms with Crippen LogP contribution in [-0.4, -0.2) is 24.8 Å². The molecule has 2 aromatic carbocycles. The molecule has 6 heteroatoms. The Balaban J connectivity index is 2.25. The molecule has 0 amide bonds. The van der Waals surface area contributed by atoms with E-state index in [0.717, 1.165) is 16.3 Å². The zero-order valence-corrected chi connectivity index (χ0v) is 15.2. The number of benzene rings is 2. The number of esters is 1. The predicted octanol–water partition coefficient (Wildman–Crippen LogP) is 3.20. The van der Waals surface area contributed by atoms with Gasteiger partial charge in [-0.25, -0.2) is 4.79 Å². The average molecular weight is 356 g/mol. The van der Waals surface area contributed by atoms with E-state index in [-0.39, 0.29) is 5.97 Å². The van der Waals surface area contributed by atoms with Gasteiger partial charge in [0.05, 0.1) is 25.3 Å². The highest BCUT2D eigenvalue weighted by molar-refractivity contribution is 7.80. The fourth-order valence-electron chi connectivity index (χ4n) is 3.14. The van der Waals surface area contributed by atoms with Gasteiger partial charge in [-0.05, 0) is 42.9 Å². The Morgan fingerprint density at radius 1 is 1.24 bits per heavy atom. The first-order chi connectivity index (χ1) is 12.1. The van der Waals surface area contributed by atoms with E-state index in [9.17, 15) is 4.79 Å². The van der Waals surface area contributed by atoms with Crippen LogP contribution >= 0.6 is 12.2 Å². The van der Waals surface area contributed by atoms with Crippen LogP contribution in [0.4, 0.5) is 0 Å². The van der Waals surface area contributed by atoms with Crippen molar-refractivity contribution < 1.29 is 14.3 Å². The largest absolute Gasteiger partial charge is 0.496 e. The smallest absolute Gasteiger partial charge is 0.338 e. The number of ether oxygens (including phenoxy) is 2. The van der Waals surface area contributed by atoms with Gasteiger partial charge in [0.15, 0.2) is 5.11 Å². The van der Waals surface area contributed by atoms with E-state index in [1.807, 2.05) is 43.3 Å². The number of carbonyl (C=O) groups is 1. The first kappa shape index (κ1) is 17.2. The molecule has 1 heterocycles. The van der Waals surface area contributed by atoms with Gasteiger partial charge in [0.25, 0.3) is 0 Å². The molecule has 0 radical (unpaired) electrons. The molecule has 0 saturated carbocycles. The van der Waals surface area contributed by atoms with Crippen molar-refractivity contribution in [3.8, 4) is 5.75 Å². The summed E-state index contributed by atoms with van der Waals surface area (Å²) < 4.78 is 10.9. The molecule has 1 aliphatic rings. The minimum Gasteiger partial charge on any atom is -0.496 e. The highest BCUT2D eigenvalue weighted by Crippen LogP contribution is 2.38. The molecule has 0 aliphatic carbocycles. The van der Waals surface area contributed by atoms with Crippen LogP contribution in [0.1, 0.15) is 25.5 Å². The summed E-state index contributed by atoms with van der Waals surface area (Å²) in [6.45, 7) is 3.92. The van der Waals surface area contributed by atoms with Crippen LogP contribution in [0.15, 0.2) is 47.7 Å². The van der Waals surface area contributed by atoms with Gasteiger partial charge >= 0.3 is 5.97 Å². The molecule has 0 bridgehead atoms. The maximum atomic E-state index is 12.6. The van der Waals surface area contributed by atoms with Crippen molar-refractivity contribution in [3.63, 3.8) is 0 Å². The van der Waals surface area contributed by atoms with Crippen LogP contribution < -0.4 is 15.4 Å². The number of carbonyl (C=O) groups excluding carboxylic acids is 1. The third kappa shape index (κ3) is 3.17. The fraction of sp³-hybridized carbons (Fsp3) is 0.263. The topological polar surface area (TPSA) is 59.6 Å². The molecule has 1 aliphatic heterocycles. The van der Waals surface area contributed by atoms with Crippen molar-refractivity contribution in [1.29, 1.82) is 0 Å². The van der Waals surface area contributed by atoms with Gasteiger partial charge in [0, 0.05) is 11.3 Å². The second-order valence-corrected chi connectivity index (χ2v) is 6.10. The number of hydrogen-bond acceptors (Lipinski definition) is 4. The summed E-state index contributed by atoms with van der Waals surface area (Å²) in [7, 11) is 1.62. The van der Waals surface area contributed by atoms with Crippen LogP contribution in [-0.2, 0) is 9.53 Å². The van der Waals surface area contributed by atoms with Crippen LogP contribution in [0.2, 0.25) is 0 Å². The molecule has 2 aromatic rings. The van der Waals surface area contributed by atoms with Crippen molar-refractivity contribution >= 4 is 34.1 Å². The van der Waals surface area contributed by atoms with Crippen molar-refractivity contribution in [3.05, 3.63) is 53.2 Å². The van der Waals surface area contributed by atoms with Gasteiger partial charge in [0.1, 0.15) is 5.75 Å². The number of rotatable bonds is 4. The van der Waals surface area contributed by atoms with E-state index in [2.05, 4.69) is 10.6 Å². The van der Waals surface area contributed by atoms with Gasteiger partial charge in [0.2, 0.25) is 0 Å². The van der Waals surface area contributed by atoms with E-state index in [1.165, 1.54) is 0 Å². The molecule has 1 atom stereocenters. The fourth-order valence-corrected chi connectivity index (χ4v) is 3.41. The first-order valence-corrected chi connectivity index (χ1v) is 8.48. The van der Waals surface area contributed by atoms with Crippen molar-refractivity contribution in [2.75, 3.05) is 13.7 Å². The number of fused-ring (bicyclic) bond motifs is 1. The van der Waals surface area contributed by atoms with Gasteiger partial charge in [-0.2, -0.15) is 0 Å². The third-order valence-electron chi connectivity index (χ3n) is 4.20. The maximum absolute atomic E-state index is 12.6. The summed E-state index contributed by atoms with van der Waals surface area (Å²) in [5.74, 6) is 0.318. The molecule has 0 fully saturated rings. The van der Waals surface area contributed by atoms with Gasteiger partial charge in [-0.15, -0.1) is 0 Å². The second kappa shape index (κ2) is 7.11. The van der Waals surface area contributed by atoms with E-state index in [1.54, 1.807) is 14.0 Å². The summed E-state index contributed by atoms with van der Waals surface area (Å²) in [5.41, 5.74) is 2.05. The summed E-state index contributed by atoms with van der Waals surface area (Å²) in [5, 5.41) is 8.74. The molecule has 0 saturated heterocycles. The molecule has 3 rings (SSSR count). The third-order valence-corrected chi connectivity index (χ3v) is 4.42. The molecule has 0 spiro atoms. The van der Waals surface area contributed by atoms with Gasteiger partial charge in [-0.3, -0.25) is 0 Å². The summed E-state index contributed by atoms with van der Waals surface area (Å²) >= 11 is 5.32. The number of nitrogens with one attached hydrogen (secondary N) is 2. The lowest BCUT2D eigenvalue weighted by atomic mass is 9.90. The minimum atomic E-state index is -0.450. The Morgan fingerprint density at radius 3 is 2.72 bits per heavy atom. The van der Waals surface area contributed by atoms with E-state index < -0.39 is 6.04 Å². The highest BCUT2D eigenvalue weighted by Gasteiger charge is 2.33. The normalized spacial score (nSPS) is 17.1. The molecular weight excluding hydrogens is 336 g/mol. The number of methoxy groups -OCH3 is 1. The maximum Gasteiger partial charge on any atom is 0.338 e. The zero-order valence-electron chi connectivity index (χ0n) is 14.4.